The van der Waals surface area contributed by atoms with Gasteiger partial charge in [0.2, 0.25) is 11.8 Å². The predicted octanol–water partition coefficient (Wildman–Crippen LogP) is 3.43. The Bertz CT molecular complexity index is 983. The molecule has 4 rings (SSSR count). The zero-order valence-electron chi connectivity index (χ0n) is 17.3. The Morgan fingerprint density at radius 2 is 1.77 bits per heavy atom. The maximum Gasteiger partial charge on any atom is 0.255 e. The third kappa shape index (κ3) is 4.79. The molecule has 0 bridgehead atoms. The van der Waals surface area contributed by atoms with E-state index in [1.165, 1.54) is 5.01 Å². The monoisotopic (exact) mass is 423 g/mol. The number of carbonyl (C=O) groups is 3. The van der Waals surface area contributed by atoms with E-state index in [-0.39, 0.29) is 36.7 Å². The number of hydrazine groups is 1. The van der Waals surface area contributed by atoms with Gasteiger partial charge in [-0.25, -0.2) is 5.01 Å². The molecule has 2 aromatic carbocycles. The first-order chi connectivity index (χ1) is 15.0. The number of nitrogens with zero attached hydrogens (tertiary/aromatic N) is 1. The fraction of sp³-hybridized carbons (Fsp3) is 0.348. The molecule has 1 saturated carbocycles. The highest BCUT2D eigenvalue weighted by atomic mass is 16.5. The van der Waals surface area contributed by atoms with Gasteiger partial charge in [-0.15, -0.1) is 0 Å². The highest BCUT2D eigenvalue weighted by Crippen LogP contribution is 2.34. The molecule has 2 aromatic rings. The lowest BCUT2D eigenvalue weighted by Crippen LogP contribution is -2.50. The zero-order valence-corrected chi connectivity index (χ0v) is 17.3. The Kier molecular flexibility index (Phi) is 6.06. The van der Waals surface area contributed by atoms with Crippen LogP contribution < -0.4 is 25.2 Å². The van der Waals surface area contributed by atoms with Crippen molar-refractivity contribution in [1.29, 1.82) is 0 Å². The average molecular weight is 423 g/mol. The van der Waals surface area contributed by atoms with Gasteiger partial charge in [-0.2, -0.15) is 0 Å². The molecule has 2 aliphatic rings. The minimum absolute atomic E-state index is 0.163. The zero-order chi connectivity index (χ0) is 21.8. The number of amides is 3. The number of anilines is 2. The summed E-state index contributed by atoms with van der Waals surface area (Å²) in [5.41, 5.74) is 4.06. The largest absolute Gasteiger partial charge is 0.493 e. The number of carbonyl (C=O) groups excluding carboxylic acids is 3. The normalized spacial score (nSPS) is 16.7. The average Bonchev–Trinajstić information content (AvgIpc) is 3.29. The highest BCUT2D eigenvalue weighted by Gasteiger charge is 2.24. The lowest BCUT2D eigenvalue weighted by molar-refractivity contribution is -0.130. The summed E-state index contributed by atoms with van der Waals surface area (Å²) < 4.78 is 11.5. The van der Waals surface area contributed by atoms with Crippen molar-refractivity contribution in [3.63, 3.8) is 0 Å². The summed E-state index contributed by atoms with van der Waals surface area (Å²) in [4.78, 5) is 36.3. The van der Waals surface area contributed by atoms with E-state index in [1.54, 1.807) is 49.6 Å². The van der Waals surface area contributed by atoms with Crippen LogP contribution in [0, 0.1) is 0 Å². The molecule has 8 nitrogen and oxygen atoms in total. The number of rotatable bonds is 6. The predicted molar refractivity (Wildman–Crippen MR) is 115 cm³/mol. The Balaban J connectivity index is 1.45. The van der Waals surface area contributed by atoms with Crippen LogP contribution in [-0.4, -0.2) is 30.9 Å². The quantitative estimate of drug-likeness (QED) is 0.742. The van der Waals surface area contributed by atoms with E-state index in [4.69, 9.17) is 9.47 Å². The van der Waals surface area contributed by atoms with E-state index < -0.39 is 0 Å². The first-order valence-corrected chi connectivity index (χ1v) is 10.4. The van der Waals surface area contributed by atoms with E-state index >= 15 is 0 Å². The van der Waals surface area contributed by atoms with Gasteiger partial charge in [-0.3, -0.25) is 19.8 Å². The molecule has 31 heavy (non-hydrogen) atoms. The van der Waals surface area contributed by atoms with E-state index in [1.807, 2.05) is 0 Å². The number of benzene rings is 2. The van der Waals surface area contributed by atoms with Gasteiger partial charge in [-0.05, 0) is 62.1 Å². The Morgan fingerprint density at radius 3 is 2.48 bits per heavy atom. The number of methoxy groups -OCH3 is 1. The van der Waals surface area contributed by atoms with E-state index in [0.29, 0.717) is 28.4 Å². The van der Waals surface area contributed by atoms with Crippen LogP contribution in [0.4, 0.5) is 11.4 Å². The molecule has 1 aliphatic heterocycles. The Morgan fingerprint density at radius 1 is 1.03 bits per heavy atom. The molecule has 3 amide bonds. The second-order valence-electron chi connectivity index (χ2n) is 7.66. The van der Waals surface area contributed by atoms with E-state index in [0.717, 1.165) is 25.7 Å². The lowest BCUT2D eigenvalue weighted by atomic mass is 10.1. The smallest absolute Gasteiger partial charge is 0.255 e. The summed E-state index contributed by atoms with van der Waals surface area (Å²) >= 11 is 0. The lowest BCUT2D eigenvalue weighted by Gasteiger charge is -2.27. The molecule has 2 fully saturated rings. The molecule has 1 saturated heterocycles. The van der Waals surface area contributed by atoms with Crippen molar-refractivity contribution in [2.24, 2.45) is 0 Å². The van der Waals surface area contributed by atoms with Gasteiger partial charge in [0.25, 0.3) is 5.91 Å². The van der Waals surface area contributed by atoms with Gasteiger partial charge in [0.1, 0.15) is 0 Å². The summed E-state index contributed by atoms with van der Waals surface area (Å²) in [5, 5.41) is 4.08. The molecular weight excluding hydrogens is 398 g/mol. The molecule has 1 heterocycles. The summed E-state index contributed by atoms with van der Waals surface area (Å²) in [6.45, 7) is 0. The van der Waals surface area contributed by atoms with Crippen LogP contribution in [0.25, 0.3) is 0 Å². The standard InChI is InChI=1S/C23H25N3O5/c1-30-19-11-8-16(14-20(19)31-18-4-2-3-5-18)24-23(29)15-6-9-17(10-7-15)26-22(28)13-12-21(27)25-26/h6-11,14,18H,2-5,12-13H2,1H3,(H,24,29)(H,25,27). The third-order valence-corrected chi connectivity index (χ3v) is 5.46. The SMILES string of the molecule is COc1ccc(NC(=O)c2ccc(N3NC(=O)CCC3=O)cc2)cc1OC1CCCC1. The van der Waals surface area contributed by atoms with Crippen LogP contribution in [0.1, 0.15) is 48.9 Å². The summed E-state index contributed by atoms with van der Waals surface area (Å²) in [6, 6.07) is 11.8. The van der Waals surface area contributed by atoms with Crippen molar-refractivity contribution in [3.8, 4) is 11.5 Å². The van der Waals surface area contributed by atoms with E-state index in [2.05, 4.69) is 10.7 Å². The number of hydrogen-bond acceptors (Lipinski definition) is 5. The van der Waals surface area contributed by atoms with E-state index in [9.17, 15) is 14.4 Å². The van der Waals surface area contributed by atoms with Gasteiger partial charge in [0.15, 0.2) is 11.5 Å². The van der Waals surface area contributed by atoms with Crippen LogP contribution in [0.3, 0.4) is 0 Å². The second kappa shape index (κ2) is 9.07. The Labute approximate surface area is 180 Å². The molecule has 0 radical (unpaired) electrons. The number of hydrogen-bond donors (Lipinski definition) is 2. The topological polar surface area (TPSA) is 97.0 Å². The number of nitrogens with one attached hydrogen (secondary N) is 2. The molecule has 1 aliphatic carbocycles. The Hall–Kier alpha value is -3.55. The van der Waals surface area contributed by atoms with Crippen molar-refractivity contribution in [1.82, 2.24) is 5.43 Å². The highest BCUT2D eigenvalue weighted by molar-refractivity contribution is 6.05. The van der Waals surface area contributed by atoms with Gasteiger partial charge < -0.3 is 14.8 Å². The molecule has 162 valence electrons. The van der Waals surface area contributed by atoms with Crippen LogP contribution in [0.2, 0.25) is 0 Å². The fourth-order valence-electron chi connectivity index (χ4n) is 3.78. The van der Waals surface area contributed by atoms with Crippen molar-refractivity contribution < 1.29 is 23.9 Å². The van der Waals surface area contributed by atoms with Crippen LogP contribution in [-0.2, 0) is 9.59 Å². The van der Waals surface area contributed by atoms with Crippen molar-refractivity contribution in [3.05, 3.63) is 48.0 Å². The van der Waals surface area contributed by atoms with Crippen molar-refractivity contribution in [2.45, 2.75) is 44.6 Å². The fourth-order valence-corrected chi connectivity index (χ4v) is 3.78. The van der Waals surface area contributed by atoms with Gasteiger partial charge in [0.05, 0.1) is 18.9 Å². The van der Waals surface area contributed by atoms with Crippen LogP contribution in [0.15, 0.2) is 42.5 Å². The molecule has 0 atom stereocenters. The van der Waals surface area contributed by atoms with Crippen LogP contribution in [0.5, 0.6) is 11.5 Å². The van der Waals surface area contributed by atoms with Gasteiger partial charge in [-0.1, -0.05) is 0 Å². The molecule has 0 spiro atoms. The maximum atomic E-state index is 12.7. The number of ether oxygens (including phenoxy) is 2. The first kappa shape index (κ1) is 20.7. The van der Waals surface area contributed by atoms with Gasteiger partial charge >= 0.3 is 0 Å². The minimum atomic E-state index is -0.294. The summed E-state index contributed by atoms with van der Waals surface area (Å²) in [5.74, 6) is 0.545. The minimum Gasteiger partial charge on any atom is -0.493 e. The molecule has 8 heteroatoms. The second-order valence-corrected chi connectivity index (χ2v) is 7.66. The first-order valence-electron chi connectivity index (χ1n) is 10.4. The third-order valence-electron chi connectivity index (χ3n) is 5.46. The van der Waals surface area contributed by atoms with Crippen molar-refractivity contribution in [2.75, 3.05) is 17.4 Å². The molecular formula is C23H25N3O5. The molecule has 0 unspecified atom stereocenters. The molecule has 2 N–H and O–H groups in total. The van der Waals surface area contributed by atoms with Gasteiger partial charge in [0, 0.05) is 30.2 Å². The molecule has 0 aromatic heterocycles. The summed E-state index contributed by atoms with van der Waals surface area (Å²) in [7, 11) is 1.59. The maximum absolute atomic E-state index is 12.7. The van der Waals surface area contributed by atoms with Crippen LogP contribution >= 0.6 is 0 Å². The summed E-state index contributed by atoms with van der Waals surface area (Å²) in [6.07, 6.45) is 4.88. The van der Waals surface area contributed by atoms with Crippen molar-refractivity contribution >= 4 is 29.1 Å².